The molecule has 0 heterocycles. The lowest BCUT2D eigenvalue weighted by molar-refractivity contribution is 0.195. The number of para-hydroxylation sites is 1. The summed E-state index contributed by atoms with van der Waals surface area (Å²) in [7, 11) is 0. The standard InChI is InChI=1S/C14H12BrFO2/c1-9(17)13-4-2-3-5-14(13)18-12-7-10(15)6-11(16)8-12/h2-9,17H,1H3/t9-/m1/s1. The highest BCUT2D eigenvalue weighted by Crippen LogP contribution is 2.31. The Hall–Kier alpha value is -1.39. The summed E-state index contributed by atoms with van der Waals surface area (Å²) in [6.45, 7) is 1.66. The average molecular weight is 311 g/mol. The summed E-state index contributed by atoms with van der Waals surface area (Å²) in [5.74, 6) is 0.522. The van der Waals surface area contributed by atoms with Gasteiger partial charge in [0.1, 0.15) is 17.3 Å². The minimum absolute atomic E-state index is 0.381. The number of aliphatic hydroxyl groups is 1. The van der Waals surface area contributed by atoms with Crippen molar-refractivity contribution in [1.29, 1.82) is 0 Å². The molecule has 0 bridgehead atoms. The van der Waals surface area contributed by atoms with E-state index < -0.39 is 6.10 Å². The summed E-state index contributed by atoms with van der Waals surface area (Å²) in [5.41, 5.74) is 0.665. The fourth-order valence-corrected chi connectivity index (χ4v) is 2.08. The van der Waals surface area contributed by atoms with E-state index in [0.29, 0.717) is 21.5 Å². The second kappa shape index (κ2) is 5.50. The van der Waals surface area contributed by atoms with Crippen LogP contribution in [0.5, 0.6) is 11.5 Å². The molecule has 2 rings (SSSR count). The maximum atomic E-state index is 13.2. The Balaban J connectivity index is 2.34. The van der Waals surface area contributed by atoms with Gasteiger partial charge >= 0.3 is 0 Å². The Labute approximate surface area is 113 Å². The first kappa shape index (κ1) is 13.1. The predicted molar refractivity (Wildman–Crippen MR) is 71.2 cm³/mol. The highest BCUT2D eigenvalue weighted by atomic mass is 79.9. The molecule has 94 valence electrons. The molecule has 0 radical (unpaired) electrons. The van der Waals surface area contributed by atoms with Crippen LogP contribution in [-0.4, -0.2) is 5.11 Å². The number of hydrogen-bond donors (Lipinski definition) is 1. The summed E-state index contributed by atoms with van der Waals surface area (Å²) in [5, 5.41) is 9.63. The summed E-state index contributed by atoms with van der Waals surface area (Å²) in [6, 6.07) is 11.4. The molecule has 2 aromatic rings. The normalized spacial score (nSPS) is 12.2. The molecule has 0 fully saturated rings. The molecule has 4 heteroatoms. The molecule has 0 aliphatic rings. The lowest BCUT2D eigenvalue weighted by Gasteiger charge is -2.13. The fraction of sp³-hybridized carbons (Fsp3) is 0.143. The lowest BCUT2D eigenvalue weighted by Crippen LogP contribution is -1.96. The molecule has 1 atom stereocenters. The largest absolute Gasteiger partial charge is 0.457 e. The monoisotopic (exact) mass is 310 g/mol. The molecule has 0 spiro atoms. The van der Waals surface area contributed by atoms with Crippen molar-refractivity contribution in [2.24, 2.45) is 0 Å². The Bertz CT molecular complexity index is 535. The molecule has 0 aromatic heterocycles. The van der Waals surface area contributed by atoms with E-state index in [1.165, 1.54) is 12.1 Å². The van der Waals surface area contributed by atoms with Gasteiger partial charge in [-0.2, -0.15) is 0 Å². The molecule has 0 aliphatic heterocycles. The zero-order chi connectivity index (χ0) is 13.1. The van der Waals surface area contributed by atoms with Crippen LogP contribution in [-0.2, 0) is 0 Å². The molecule has 1 N–H and O–H groups in total. The third-order valence-electron chi connectivity index (χ3n) is 2.43. The summed E-state index contributed by atoms with van der Waals surface area (Å²) >= 11 is 3.20. The zero-order valence-corrected chi connectivity index (χ0v) is 11.3. The summed E-state index contributed by atoms with van der Waals surface area (Å²) in [6.07, 6.45) is -0.641. The molecule has 2 aromatic carbocycles. The van der Waals surface area contributed by atoms with Gasteiger partial charge in [-0.05, 0) is 25.1 Å². The first-order chi connectivity index (χ1) is 8.56. The van der Waals surface area contributed by atoms with Gasteiger partial charge in [-0.1, -0.05) is 34.1 Å². The summed E-state index contributed by atoms with van der Waals surface area (Å²) in [4.78, 5) is 0. The minimum Gasteiger partial charge on any atom is -0.457 e. The van der Waals surface area contributed by atoms with Crippen LogP contribution < -0.4 is 4.74 Å². The van der Waals surface area contributed by atoms with E-state index in [2.05, 4.69) is 15.9 Å². The van der Waals surface area contributed by atoms with Crippen molar-refractivity contribution in [3.05, 3.63) is 58.3 Å². The van der Waals surface area contributed by atoms with Gasteiger partial charge in [0.05, 0.1) is 6.10 Å². The van der Waals surface area contributed by atoms with Crippen LogP contribution in [0.15, 0.2) is 46.9 Å². The van der Waals surface area contributed by atoms with E-state index in [4.69, 9.17) is 4.74 Å². The molecule has 0 aliphatic carbocycles. The van der Waals surface area contributed by atoms with Crippen molar-refractivity contribution >= 4 is 15.9 Å². The van der Waals surface area contributed by atoms with Crippen molar-refractivity contribution in [2.45, 2.75) is 13.0 Å². The Kier molecular flexibility index (Phi) is 3.99. The quantitative estimate of drug-likeness (QED) is 0.908. The van der Waals surface area contributed by atoms with Gasteiger partial charge < -0.3 is 9.84 Å². The second-order valence-corrected chi connectivity index (χ2v) is 4.84. The van der Waals surface area contributed by atoms with E-state index in [0.717, 1.165) is 0 Å². The van der Waals surface area contributed by atoms with E-state index in [9.17, 15) is 9.50 Å². The molecule has 0 unspecified atom stereocenters. The smallest absolute Gasteiger partial charge is 0.133 e. The molecule has 18 heavy (non-hydrogen) atoms. The van der Waals surface area contributed by atoms with Crippen LogP contribution in [0.3, 0.4) is 0 Å². The SMILES string of the molecule is C[C@@H](O)c1ccccc1Oc1cc(F)cc(Br)c1. The lowest BCUT2D eigenvalue weighted by atomic mass is 10.1. The third-order valence-corrected chi connectivity index (χ3v) is 2.89. The van der Waals surface area contributed by atoms with Crippen LogP contribution in [0.4, 0.5) is 4.39 Å². The van der Waals surface area contributed by atoms with E-state index in [-0.39, 0.29) is 5.82 Å². The fourth-order valence-electron chi connectivity index (χ4n) is 1.63. The highest BCUT2D eigenvalue weighted by molar-refractivity contribution is 9.10. The zero-order valence-electron chi connectivity index (χ0n) is 9.73. The Morgan fingerprint density at radius 1 is 1.22 bits per heavy atom. The van der Waals surface area contributed by atoms with Gasteiger partial charge in [0, 0.05) is 16.1 Å². The first-order valence-electron chi connectivity index (χ1n) is 5.47. The number of ether oxygens (including phenoxy) is 1. The predicted octanol–water partition coefficient (Wildman–Crippen LogP) is 4.43. The number of benzene rings is 2. The third kappa shape index (κ3) is 3.09. The van der Waals surface area contributed by atoms with Gasteiger partial charge in [0.25, 0.3) is 0 Å². The highest BCUT2D eigenvalue weighted by Gasteiger charge is 2.09. The average Bonchev–Trinajstić information content (AvgIpc) is 2.27. The van der Waals surface area contributed by atoms with Crippen LogP contribution >= 0.6 is 15.9 Å². The Morgan fingerprint density at radius 2 is 1.94 bits per heavy atom. The topological polar surface area (TPSA) is 29.5 Å². The number of aliphatic hydroxyl groups excluding tert-OH is 1. The van der Waals surface area contributed by atoms with Gasteiger partial charge in [-0.3, -0.25) is 0 Å². The molecule has 0 saturated heterocycles. The molecule has 0 amide bonds. The molecular formula is C14H12BrFO2. The maximum Gasteiger partial charge on any atom is 0.133 e. The minimum atomic E-state index is -0.641. The van der Waals surface area contributed by atoms with Gasteiger partial charge in [0.15, 0.2) is 0 Å². The van der Waals surface area contributed by atoms with Crippen LogP contribution in [0, 0.1) is 5.82 Å². The van der Waals surface area contributed by atoms with E-state index in [1.54, 1.807) is 31.2 Å². The van der Waals surface area contributed by atoms with Gasteiger partial charge in [-0.15, -0.1) is 0 Å². The number of halogens is 2. The van der Waals surface area contributed by atoms with Crippen molar-refractivity contribution in [2.75, 3.05) is 0 Å². The maximum absolute atomic E-state index is 13.2. The first-order valence-corrected chi connectivity index (χ1v) is 6.26. The van der Waals surface area contributed by atoms with Crippen molar-refractivity contribution in [3.8, 4) is 11.5 Å². The van der Waals surface area contributed by atoms with Crippen molar-refractivity contribution in [1.82, 2.24) is 0 Å². The van der Waals surface area contributed by atoms with Gasteiger partial charge in [0.2, 0.25) is 0 Å². The van der Waals surface area contributed by atoms with E-state index >= 15 is 0 Å². The van der Waals surface area contributed by atoms with Gasteiger partial charge in [-0.25, -0.2) is 4.39 Å². The van der Waals surface area contributed by atoms with E-state index in [1.807, 2.05) is 6.07 Å². The van der Waals surface area contributed by atoms with Crippen LogP contribution in [0.1, 0.15) is 18.6 Å². The summed E-state index contributed by atoms with van der Waals surface area (Å²) < 4.78 is 19.4. The van der Waals surface area contributed by atoms with Crippen molar-refractivity contribution < 1.29 is 14.2 Å². The number of rotatable bonds is 3. The molecular weight excluding hydrogens is 299 g/mol. The molecule has 0 saturated carbocycles. The van der Waals surface area contributed by atoms with Crippen LogP contribution in [0.25, 0.3) is 0 Å². The van der Waals surface area contributed by atoms with Crippen molar-refractivity contribution in [3.63, 3.8) is 0 Å². The molecule has 2 nitrogen and oxygen atoms in total. The second-order valence-electron chi connectivity index (χ2n) is 3.92. The number of hydrogen-bond acceptors (Lipinski definition) is 2. The Morgan fingerprint density at radius 3 is 2.61 bits per heavy atom. The van der Waals surface area contributed by atoms with Crippen LogP contribution in [0.2, 0.25) is 0 Å².